The van der Waals surface area contributed by atoms with E-state index in [1.807, 2.05) is 0 Å². The average molecular weight is 331 g/mol. The molecule has 2 saturated heterocycles. The van der Waals surface area contributed by atoms with E-state index in [0.29, 0.717) is 17.6 Å². The van der Waals surface area contributed by atoms with Gasteiger partial charge in [0, 0.05) is 18.8 Å². The molecule has 0 saturated carbocycles. The Labute approximate surface area is 140 Å². The van der Waals surface area contributed by atoms with Gasteiger partial charge in [-0.2, -0.15) is 5.26 Å². The minimum Gasteiger partial charge on any atom is -0.407 e. The standard InChI is InChI=1S/C17H21N3O4/c1-17(2)7-10(13-14(21)23-16(19)24-15(13)22)11(9-18)12(8-17)20-5-3-4-6-20/h16H,3-8,19H2,1-2H3. The Bertz CT molecular complexity index is 673. The van der Waals surface area contributed by atoms with Gasteiger partial charge < -0.3 is 14.4 Å². The molecule has 7 heteroatoms. The molecule has 0 unspecified atom stereocenters. The molecule has 0 radical (unpaired) electrons. The van der Waals surface area contributed by atoms with E-state index in [1.165, 1.54) is 0 Å². The third-order valence-corrected chi connectivity index (χ3v) is 4.65. The van der Waals surface area contributed by atoms with Gasteiger partial charge in [-0.3, -0.25) is 5.73 Å². The highest BCUT2D eigenvalue weighted by Gasteiger charge is 2.41. The largest absolute Gasteiger partial charge is 0.407 e. The molecule has 24 heavy (non-hydrogen) atoms. The van der Waals surface area contributed by atoms with Crippen molar-refractivity contribution < 1.29 is 19.1 Å². The van der Waals surface area contributed by atoms with Gasteiger partial charge in [-0.05, 0) is 36.7 Å². The van der Waals surface area contributed by atoms with Gasteiger partial charge in [-0.1, -0.05) is 13.8 Å². The van der Waals surface area contributed by atoms with E-state index in [1.54, 1.807) is 0 Å². The Morgan fingerprint density at radius 2 is 1.75 bits per heavy atom. The van der Waals surface area contributed by atoms with Crippen LogP contribution in [0.15, 0.2) is 22.4 Å². The van der Waals surface area contributed by atoms with Crippen LogP contribution in [0.4, 0.5) is 0 Å². The lowest BCUT2D eigenvalue weighted by atomic mass is 9.72. The second-order valence-electron chi connectivity index (χ2n) is 7.18. The number of ether oxygens (including phenoxy) is 2. The summed E-state index contributed by atoms with van der Waals surface area (Å²) in [6.45, 7) is 5.89. The van der Waals surface area contributed by atoms with Crippen LogP contribution in [0, 0.1) is 16.7 Å². The third kappa shape index (κ3) is 2.89. The van der Waals surface area contributed by atoms with Crippen molar-refractivity contribution in [1.82, 2.24) is 4.90 Å². The summed E-state index contributed by atoms with van der Waals surface area (Å²) >= 11 is 0. The third-order valence-electron chi connectivity index (χ3n) is 4.65. The Balaban J connectivity index is 2.15. The first kappa shape index (κ1) is 16.5. The molecule has 1 aliphatic carbocycles. The zero-order valence-electron chi connectivity index (χ0n) is 13.9. The number of rotatable bonds is 1. The lowest BCUT2D eigenvalue weighted by Gasteiger charge is -2.38. The first-order valence-electron chi connectivity index (χ1n) is 8.12. The molecule has 0 atom stereocenters. The molecule has 0 spiro atoms. The maximum Gasteiger partial charge on any atom is 0.349 e. The van der Waals surface area contributed by atoms with Gasteiger partial charge in [0.25, 0.3) is 0 Å². The van der Waals surface area contributed by atoms with Gasteiger partial charge in [0.2, 0.25) is 0 Å². The Morgan fingerprint density at radius 1 is 1.17 bits per heavy atom. The molecule has 2 fully saturated rings. The van der Waals surface area contributed by atoms with E-state index in [2.05, 4.69) is 24.8 Å². The number of carbonyl (C=O) groups excluding carboxylic acids is 2. The summed E-state index contributed by atoms with van der Waals surface area (Å²) in [7, 11) is 0. The summed E-state index contributed by atoms with van der Waals surface area (Å²) in [6.07, 6.45) is 1.93. The predicted molar refractivity (Wildman–Crippen MR) is 83.6 cm³/mol. The number of hydrogen-bond acceptors (Lipinski definition) is 7. The van der Waals surface area contributed by atoms with Crippen LogP contribution in [0.5, 0.6) is 0 Å². The van der Waals surface area contributed by atoms with Crippen LogP contribution >= 0.6 is 0 Å². The highest BCUT2D eigenvalue weighted by molar-refractivity contribution is 6.16. The fraction of sp³-hybridized carbons (Fsp3) is 0.588. The second kappa shape index (κ2) is 5.95. The molecule has 0 aromatic heterocycles. The minimum atomic E-state index is -1.39. The highest BCUT2D eigenvalue weighted by Crippen LogP contribution is 2.45. The maximum absolute atomic E-state index is 12.2. The van der Waals surface area contributed by atoms with Gasteiger partial charge in [-0.25, -0.2) is 9.59 Å². The van der Waals surface area contributed by atoms with Gasteiger partial charge in [0.05, 0.1) is 5.57 Å². The molecule has 3 rings (SSSR count). The van der Waals surface area contributed by atoms with Crippen molar-refractivity contribution >= 4 is 11.9 Å². The number of hydrogen-bond donors (Lipinski definition) is 1. The van der Waals surface area contributed by atoms with E-state index in [-0.39, 0.29) is 11.0 Å². The lowest BCUT2D eigenvalue weighted by Crippen LogP contribution is -2.41. The van der Waals surface area contributed by atoms with Crippen LogP contribution in [0.1, 0.15) is 39.5 Å². The van der Waals surface area contributed by atoms with E-state index in [9.17, 15) is 14.9 Å². The summed E-state index contributed by atoms with van der Waals surface area (Å²) in [4.78, 5) is 26.6. The fourth-order valence-electron chi connectivity index (χ4n) is 3.63. The number of carbonyl (C=O) groups is 2. The Kier molecular flexibility index (Phi) is 4.10. The molecular weight excluding hydrogens is 310 g/mol. The van der Waals surface area contributed by atoms with Crippen LogP contribution in [-0.2, 0) is 19.1 Å². The number of nitrogens with zero attached hydrogens (tertiary/aromatic N) is 2. The van der Waals surface area contributed by atoms with Crippen molar-refractivity contribution in [2.75, 3.05) is 13.1 Å². The SMILES string of the molecule is CC1(C)CC(=C2C(=O)OC(N)OC2=O)C(C#N)=C(N2CCCC2)C1. The van der Waals surface area contributed by atoms with Crippen LogP contribution in [0.3, 0.4) is 0 Å². The normalized spacial score (nSPS) is 27.1. The maximum atomic E-state index is 12.2. The summed E-state index contributed by atoms with van der Waals surface area (Å²) in [5, 5.41) is 9.72. The van der Waals surface area contributed by atoms with Crippen molar-refractivity contribution in [3.63, 3.8) is 0 Å². The number of nitriles is 1. The monoisotopic (exact) mass is 331 g/mol. The quantitative estimate of drug-likeness (QED) is 0.439. The summed E-state index contributed by atoms with van der Waals surface area (Å²) in [6, 6.07) is 2.20. The summed E-state index contributed by atoms with van der Waals surface area (Å²) in [5.41, 5.74) is 6.70. The summed E-state index contributed by atoms with van der Waals surface area (Å²) < 4.78 is 9.67. The van der Waals surface area contributed by atoms with Gasteiger partial charge in [0.15, 0.2) is 0 Å². The molecule has 7 nitrogen and oxygen atoms in total. The fourth-order valence-corrected chi connectivity index (χ4v) is 3.63. The topological polar surface area (TPSA) is 106 Å². The van der Waals surface area contributed by atoms with Crippen molar-refractivity contribution in [3.05, 3.63) is 22.4 Å². The number of likely N-dealkylation sites (tertiary alicyclic amines) is 1. The smallest absolute Gasteiger partial charge is 0.349 e. The highest BCUT2D eigenvalue weighted by atomic mass is 16.7. The first-order valence-corrected chi connectivity index (χ1v) is 8.12. The van der Waals surface area contributed by atoms with Crippen LogP contribution in [0.25, 0.3) is 0 Å². The molecule has 0 aromatic carbocycles. The number of allylic oxidation sites excluding steroid dienone is 3. The van der Waals surface area contributed by atoms with Gasteiger partial charge in [-0.15, -0.1) is 0 Å². The molecule has 0 bridgehead atoms. The van der Waals surface area contributed by atoms with Crippen molar-refractivity contribution in [1.29, 1.82) is 5.26 Å². The number of esters is 2. The molecule has 128 valence electrons. The zero-order valence-corrected chi connectivity index (χ0v) is 13.9. The molecule has 2 N–H and O–H groups in total. The summed E-state index contributed by atoms with van der Waals surface area (Å²) in [5.74, 6) is -1.64. The van der Waals surface area contributed by atoms with Crippen molar-refractivity contribution in [3.8, 4) is 6.07 Å². The zero-order chi connectivity index (χ0) is 17.5. The molecule has 3 aliphatic rings. The first-order chi connectivity index (χ1) is 11.3. The molecule has 2 aliphatic heterocycles. The number of nitrogens with two attached hydrogens (primary N) is 1. The molecule has 2 heterocycles. The molecular formula is C17H21N3O4. The van der Waals surface area contributed by atoms with E-state index < -0.39 is 18.4 Å². The second-order valence-corrected chi connectivity index (χ2v) is 7.18. The van der Waals surface area contributed by atoms with E-state index >= 15 is 0 Å². The van der Waals surface area contributed by atoms with E-state index in [4.69, 9.17) is 15.2 Å². The van der Waals surface area contributed by atoms with Crippen LogP contribution < -0.4 is 5.73 Å². The van der Waals surface area contributed by atoms with Gasteiger partial charge >= 0.3 is 18.4 Å². The lowest BCUT2D eigenvalue weighted by molar-refractivity contribution is -0.192. The van der Waals surface area contributed by atoms with Crippen LogP contribution in [0.2, 0.25) is 0 Å². The number of cyclic esters (lactones) is 2. The average Bonchev–Trinajstić information content (AvgIpc) is 2.98. The predicted octanol–water partition coefficient (Wildman–Crippen LogP) is 1.32. The van der Waals surface area contributed by atoms with Crippen LogP contribution in [-0.4, -0.2) is 36.3 Å². The Morgan fingerprint density at radius 3 is 2.29 bits per heavy atom. The van der Waals surface area contributed by atoms with E-state index in [0.717, 1.165) is 38.0 Å². The Hall–Kier alpha value is -2.33. The van der Waals surface area contributed by atoms with Crippen molar-refractivity contribution in [2.45, 2.75) is 45.9 Å². The molecule has 0 aromatic rings. The minimum absolute atomic E-state index is 0.180. The van der Waals surface area contributed by atoms with Crippen molar-refractivity contribution in [2.24, 2.45) is 11.1 Å². The molecule has 0 amide bonds. The van der Waals surface area contributed by atoms with Gasteiger partial charge in [0.1, 0.15) is 11.6 Å².